The lowest BCUT2D eigenvalue weighted by Crippen LogP contribution is -2.60. The van der Waals surface area contributed by atoms with Gasteiger partial charge in [0, 0.05) is 28.7 Å². The molecule has 0 radical (unpaired) electrons. The van der Waals surface area contributed by atoms with Crippen LogP contribution in [0.25, 0.3) is 0 Å². The molecule has 1 unspecified atom stereocenters. The average molecular weight is 360 g/mol. The van der Waals surface area contributed by atoms with Crippen molar-refractivity contribution in [3.05, 3.63) is 27.6 Å². The van der Waals surface area contributed by atoms with Crippen LogP contribution in [0.1, 0.15) is 19.8 Å². The summed E-state index contributed by atoms with van der Waals surface area (Å²) in [6.45, 7) is 5.37. The first-order chi connectivity index (χ1) is 8.58. The minimum absolute atomic E-state index is 0.150. The van der Waals surface area contributed by atoms with Crippen LogP contribution in [0, 0.1) is 15.3 Å². The summed E-state index contributed by atoms with van der Waals surface area (Å²) in [4.78, 5) is 2.40. The van der Waals surface area contributed by atoms with Gasteiger partial charge in [0.2, 0.25) is 0 Å². The Morgan fingerprint density at radius 3 is 2.89 bits per heavy atom. The van der Waals surface area contributed by atoms with Crippen LogP contribution >= 0.6 is 22.6 Å². The molecule has 0 amide bonds. The number of hydrogen-bond donors (Lipinski definition) is 1. The predicted octanol–water partition coefficient (Wildman–Crippen LogP) is 3.01. The number of nitrogens with one attached hydrogen (secondary N) is 1. The number of piperazine rings is 1. The van der Waals surface area contributed by atoms with E-state index in [2.05, 4.69) is 39.7 Å². The molecule has 3 rings (SSSR count). The van der Waals surface area contributed by atoms with E-state index in [9.17, 15) is 4.39 Å². The van der Waals surface area contributed by atoms with E-state index >= 15 is 0 Å². The van der Waals surface area contributed by atoms with E-state index < -0.39 is 0 Å². The second-order valence-corrected chi connectivity index (χ2v) is 6.80. The van der Waals surface area contributed by atoms with Crippen molar-refractivity contribution >= 4 is 28.3 Å². The molecule has 0 aromatic heterocycles. The summed E-state index contributed by atoms with van der Waals surface area (Å²) in [7, 11) is 0. The number of anilines is 1. The van der Waals surface area contributed by atoms with Gasteiger partial charge in [0.05, 0.1) is 5.69 Å². The van der Waals surface area contributed by atoms with Gasteiger partial charge < -0.3 is 10.2 Å². The van der Waals surface area contributed by atoms with Crippen molar-refractivity contribution in [3.63, 3.8) is 0 Å². The molecule has 2 fully saturated rings. The van der Waals surface area contributed by atoms with Gasteiger partial charge in [-0.1, -0.05) is 0 Å². The van der Waals surface area contributed by atoms with Crippen LogP contribution in [-0.2, 0) is 0 Å². The van der Waals surface area contributed by atoms with Crippen LogP contribution in [0.15, 0.2) is 18.2 Å². The first kappa shape index (κ1) is 12.7. The smallest absolute Gasteiger partial charge is 0.124 e. The Morgan fingerprint density at radius 1 is 1.44 bits per heavy atom. The zero-order valence-corrected chi connectivity index (χ0v) is 12.7. The molecule has 2 aliphatic rings. The van der Waals surface area contributed by atoms with E-state index in [-0.39, 0.29) is 11.4 Å². The first-order valence-electron chi connectivity index (χ1n) is 6.53. The number of benzene rings is 1. The molecule has 1 aromatic rings. The molecule has 0 bridgehead atoms. The van der Waals surface area contributed by atoms with Crippen LogP contribution in [-0.4, -0.2) is 25.2 Å². The topological polar surface area (TPSA) is 15.3 Å². The third-order valence-corrected chi connectivity index (χ3v) is 5.02. The molecule has 1 aliphatic heterocycles. The van der Waals surface area contributed by atoms with E-state index in [0.717, 1.165) is 29.1 Å². The van der Waals surface area contributed by atoms with Crippen LogP contribution in [0.5, 0.6) is 0 Å². The molecule has 18 heavy (non-hydrogen) atoms. The Morgan fingerprint density at radius 2 is 2.22 bits per heavy atom. The number of halogens is 2. The second-order valence-electron chi connectivity index (χ2n) is 5.64. The lowest BCUT2D eigenvalue weighted by molar-refractivity contribution is 0.285. The fourth-order valence-corrected chi connectivity index (χ4v) is 3.76. The first-order valence-corrected chi connectivity index (χ1v) is 7.61. The Kier molecular flexibility index (Phi) is 3.26. The molecule has 1 aliphatic carbocycles. The Bertz CT molecular complexity index is 461. The third kappa shape index (κ3) is 2.37. The molecule has 2 nitrogen and oxygen atoms in total. The molecular formula is C14H18FIN2. The van der Waals surface area contributed by atoms with Crippen LogP contribution in [0.2, 0.25) is 0 Å². The molecule has 1 saturated heterocycles. The quantitative estimate of drug-likeness (QED) is 0.816. The standard InChI is InChI=1S/C14H18FIN2/c1-14(10-2-3-10)9-18(7-6-17-14)13-5-4-11(15)8-12(13)16/h4-5,8,10,17H,2-3,6-7,9H2,1H3. The molecule has 4 heteroatoms. The van der Waals surface area contributed by atoms with Crippen molar-refractivity contribution < 1.29 is 4.39 Å². The summed E-state index contributed by atoms with van der Waals surface area (Å²) in [5, 5.41) is 3.67. The van der Waals surface area contributed by atoms with Crippen molar-refractivity contribution in [1.29, 1.82) is 0 Å². The van der Waals surface area contributed by atoms with Crippen molar-refractivity contribution in [2.45, 2.75) is 25.3 Å². The molecule has 98 valence electrons. The molecule has 1 heterocycles. The maximum absolute atomic E-state index is 13.2. The molecule has 1 N–H and O–H groups in total. The average Bonchev–Trinajstić information content (AvgIpc) is 3.12. The Balaban J connectivity index is 1.83. The minimum Gasteiger partial charge on any atom is -0.368 e. The fraction of sp³-hybridized carbons (Fsp3) is 0.571. The highest BCUT2D eigenvalue weighted by Crippen LogP contribution is 2.41. The van der Waals surface area contributed by atoms with E-state index in [1.807, 2.05) is 6.07 Å². The molecule has 0 spiro atoms. The van der Waals surface area contributed by atoms with Crippen LogP contribution < -0.4 is 10.2 Å². The fourth-order valence-electron chi connectivity index (χ4n) is 2.95. The number of hydrogen-bond acceptors (Lipinski definition) is 2. The Hall–Kier alpha value is -0.360. The third-order valence-electron chi connectivity index (χ3n) is 4.16. The van der Waals surface area contributed by atoms with Gasteiger partial charge in [-0.3, -0.25) is 0 Å². The van der Waals surface area contributed by atoms with Gasteiger partial charge in [0.15, 0.2) is 0 Å². The van der Waals surface area contributed by atoms with E-state index in [0.29, 0.717) is 0 Å². The van der Waals surface area contributed by atoms with Crippen LogP contribution in [0.3, 0.4) is 0 Å². The van der Waals surface area contributed by atoms with Crippen LogP contribution in [0.4, 0.5) is 10.1 Å². The van der Waals surface area contributed by atoms with Gasteiger partial charge in [-0.05, 0) is 66.5 Å². The zero-order valence-electron chi connectivity index (χ0n) is 10.5. The maximum atomic E-state index is 13.2. The van der Waals surface area contributed by atoms with Gasteiger partial charge in [-0.2, -0.15) is 0 Å². The monoisotopic (exact) mass is 360 g/mol. The van der Waals surface area contributed by atoms with Gasteiger partial charge in [0.1, 0.15) is 5.82 Å². The lowest BCUT2D eigenvalue weighted by atomic mass is 9.92. The number of rotatable bonds is 2. The molecule has 1 aromatic carbocycles. The van der Waals surface area contributed by atoms with E-state index in [1.54, 1.807) is 12.1 Å². The van der Waals surface area contributed by atoms with Crippen molar-refractivity contribution in [3.8, 4) is 0 Å². The highest BCUT2D eigenvalue weighted by molar-refractivity contribution is 14.1. The lowest BCUT2D eigenvalue weighted by Gasteiger charge is -2.43. The molecular weight excluding hydrogens is 342 g/mol. The van der Waals surface area contributed by atoms with Gasteiger partial charge in [0.25, 0.3) is 0 Å². The zero-order chi connectivity index (χ0) is 12.8. The molecule has 1 atom stereocenters. The SMILES string of the molecule is CC1(C2CC2)CN(c2ccc(F)cc2I)CCN1. The van der Waals surface area contributed by atoms with Gasteiger partial charge in [-0.15, -0.1) is 0 Å². The van der Waals surface area contributed by atoms with Crippen molar-refractivity contribution in [2.75, 3.05) is 24.5 Å². The maximum Gasteiger partial charge on any atom is 0.124 e. The highest BCUT2D eigenvalue weighted by Gasteiger charge is 2.44. The second kappa shape index (κ2) is 4.63. The Labute approximate surface area is 121 Å². The highest BCUT2D eigenvalue weighted by atomic mass is 127. The largest absolute Gasteiger partial charge is 0.368 e. The molecule has 1 saturated carbocycles. The summed E-state index contributed by atoms with van der Waals surface area (Å²) in [6.07, 6.45) is 2.69. The van der Waals surface area contributed by atoms with Crippen molar-refractivity contribution in [1.82, 2.24) is 5.32 Å². The minimum atomic E-state index is -0.150. The van der Waals surface area contributed by atoms with Crippen molar-refractivity contribution in [2.24, 2.45) is 5.92 Å². The summed E-state index contributed by atoms with van der Waals surface area (Å²) in [5.41, 5.74) is 1.40. The summed E-state index contributed by atoms with van der Waals surface area (Å²) < 4.78 is 14.2. The van der Waals surface area contributed by atoms with Gasteiger partial charge >= 0.3 is 0 Å². The predicted molar refractivity (Wildman–Crippen MR) is 80.5 cm³/mol. The number of nitrogens with zero attached hydrogens (tertiary/aromatic N) is 1. The normalized spacial score (nSPS) is 28.5. The van der Waals surface area contributed by atoms with Gasteiger partial charge in [-0.25, -0.2) is 4.39 Å². The van der Waals surface area contributed by atoms with E-state index in [1.165, 1.54) is 18.5 Å². The summed E-state index contributed by atoms with van der Waals surface area (Å²) in [5.74, 6) is 0.668. The summed E-state index contributed by atoms with van der Waals surface area (Å²) >= 11 is 2.23. The van der Waals surface area contributed by atoms with E-state index in [4.69, 9.17) is 0 Å². The summed E-state index contributed by atoms with van der Waals surface area (Å²) in [6, 6.07) is 5.09.